The number of amides is 2. The number of anilines is 1. The summed E-state index contributed by atoms with van der Waals surface area (Å²) in [5, 5.41) is 2.51. The first-order valence-corrected chi connectivity index (χ1v) is 6.73. The number of alkyl halides is 3. The average Bonchev–Trinajstić information content (AvgIpc) is 2.46. The van der Waals surface area contributed by atoms with Crippen molar-refractivity contribution in [3.05, 3.63) is 30.3 Å². The molecule has 1 fully saturated rings. The minimum atomic E-state index is -4.42. The molecule has 2 amide bonds. The maximum Gasteiger partial charge on any atom is 0.406 e. The fourth-order valence-electron chi connectivity index (χ4n) is 2.27. The van der Waals surface area contributed by atoms with Crippen molar-refractivity contribution < 1.29 is 22.7 Å². The molecule has 1 aliphatic rings. The van der Waals surface area contributed by atoms with Gasteiger partial charge in [-0.25, -0.2) is 4.79 Å². The first kappa shape index (κ1) is 15.6. The maximum atomic E-state index is 12.7. The topological polar surface area (TPSA) is 41.6 Å². The predicted molar refractivity (Wildman–Crippen MR) is 72.1 cm³/mol. The smallest absolute Gasteiger partial charge is 0.381 e. The van der Waals surface area contributed by atoms with Gasteiger partial charge in [-0.3, -0.25) is 0 Å². The summed E-state index contributed by atoms with van der Waals surface area (Å²) in [5.41, 5.74) is 0.474. The average molecular weight is 302 g/mol. The Bertz CT molecular complexity index is 459. The molecule has 21 heavy (non-hydrogen) atoms. The normalized spacial score (nSPS) is 16.5. The molecule has 0 unspecified atom stereocenters. The fourth-order valence-corrected chi connectivity index (χ4v) is 2.27. The van der Waals surface area contributed by atoms with Crippen LogP contribution in [0.4, 0.5) is 23.7 Å². The zero-order chi connectivity index (χ0) is 15.3. The molecule has 1 N–H and O–H groups in total. The maximum absolute atomic E-state index is 12.7. The molecule has 1 saturated heterocycles. The van der Waals surface area contributed by atoms with E-state index in [1.807, 2.05) is 0 Å². The molecule has 1 aromatic rings. The highest BCUT2D eigenvalue weighted by Crippen LogP contribution is 2.23. The number of nitrogens with zero attached hydrogens (tertiary/aromatic N) is 1. The highest BCUT2D eigenvalue weighted by atomic mass is 19.4. The molecule has 0 atom stereocenters. The summed E-state index contributed by atoms with van der Waals surface area (Å²) in [5.74, 6) is 0. The van der Waals surface area contributed by atoms with E-state index in [2.05, 4.69) is 5.32 Å². The molecule has 1 aromatic carbocycles. The zero-order valence-corrected chi connectivity index (χ0v) is 11.4. The minimum Gasteiger partial charge on any atom is -0.381 e. The molecule has 1 heterocycles. The Hall–Kier alpha value is -1.76. The SMILES string of the molecule is O=C(Nc1ccccc1)N(CC(F)(F)F)C1CCOCC1. The number of carbonyl (C=O) groups is 1. The summed E-state index contributed by atoms with van der Waals surface area (Å²) in [6.07, 6.45) is -3.59. The van der Waals surface area contributed by atoms with Gasteiger partial charge in [0.2, 0.25) is 0 Å². The Morgan fingerprint density at radius 2 is 1.86 bits per heavy atom. The van der Waals surface area contributed by atoms with Crippen molar-refractivity contribution in [2.45, 2.75) is 25.1 Å². The lowest BCUT2D eigenvalue weighted by atomic mass is 10.1. The van der Waals surface area contributed by atoms with Gasteiger partial charge in [0, 0.05) is 24.9 Å². The Labute approximate surface area is 120 Å². The van der Waals surface area contributed by atoms with Crippen LogP contribution >= 0.6 is 0 Å². The van der Waals surface area contributed by atoms with Crippen LogP contribution in [0.15, 0.2) is 30.3 Å². The van der Waals surface area contributed by atoms with Crippen LogP contribution in [-0.4, -0.2) is 42.9 Å². The first-order valence-electron chi connectivity index (χ1n) is 6.73. The molecular weight excluding hydrogens is 285 g/mol. The van der Waals surface area contributed by atoms with Crippen LogP contribution in [0.1, 0.15) is 12.8 Å². The molecule has 0 aromatic heterocycles. The summed E-state index contributed by atoms with van der Waals surface area (Å²) in [4.78, 5) is 13.0. The number of carbonyl (C=O) groups excluding carboxylic acids is 1. The third-order valence-corrected chi connectivity index (χ3v) is 3.27. The number of benzene rings is 1. The molecule has 4 nitrogen and oxygen atoms in total. The summed E-state index contributed by atoms with van der Waals surface area (Å²) >= 11 is 0. The quantitative estimate of drug-likeness (QED) is 0.931. The molecule has 1 aliphatic heterocycles. The molecule has 0 saturated carbocycles. The number of para-hydroxylation sites is 1. The van der Waals surface area contributed by atoms with E-state index < -0.39 is 24.8 Å². The lowest BCUT2D eigenvalue weighted by molar-refractivity contribution is -0.146. The molecule has 2 rings (SSSR count). The highest BCUT2D eigenvalue weighted by molar-refractivity contribution is 5.89. The van der Waals surface area contributed by atoms with Gasteiger partial charge in [-0.05, 0) is 25.0 Å². The Balaban J connectivity index is 2.08. The standard InChI is InChI=1S/C14H17F3N2O2/c15-14(16,17)10-19(12-6-8-21-9-7-12)13(20)18-11-4-2-1-3-5-11/h1-5,12H,6-10H2,(H,18,20). The molecule has 116 valence electrons. The van der Waals surface area contributed by atoms with E-state index >= 15 is 0 Å². The van der Waals surface area contributed by atoms with Crippen molar-refractivity contribution in [1.29, 1.82) is 0 Å². The van der Waals surface area contributed by atoms with Crippen LogP contribution in [0.25, 0.3) is 0 Å². The summed E-state index contributed by atoms with van der Waals surface area (Å²) in [7, 11) is 0. The number of halogens is 3. The lowest BCUT2D eigenvalue weighted by Crippen LogP contribution is -2.49. The van der Waals surface area contributed by atoms with E-state index in [0.29, 0.717) is 31.7 Å². The van der Waals surface area contributed by atoms with Gasteiger partial charge in [0.1, 0.15) is 6.54 Å². The predicted octanol–water partition coefficient (Wildman–Crippen LogP) is 3.26. The van der Waals surface area contributed by atoms with Crippen molar-refractivity contribution in [3.8, 4) is 0 Å². The number of rotatable bonds is 3. The molecular formula is C14H17F3N2O2. The van der Waals surface area contributed by atoms with Crippen LogP contribution in [0.5, 0.6) is 0 Å². The molecule has 0 spiro atoms. The summed E-state index contributed by atoms with van der Waals surface area (Å²) < 4.78 is 43.3. The largest absolute Gasteiger partial charge is 0.406 e. The van der Waals surface area contributed by atoms with Gasteiger partial charge in [-0.2, -0.15) is 13.2 Å². The van der Waals surface area contributed by atoms with Gasteiger partial charge in [0.25, 0.3) is 0 Å². The van der Waals surface area contributed by atoms with Crippen LogP contribution in [-0.2, 0) is 4.74 Å². The van der Waals surface area contributed by atoms with Crippen LogP contribution in [0.2, 0.25) is 0 Å². The lowest BCUT2D eigenvalue weighted by Gasteiger charge is -2.34. The van der Waals surface area contributed by atoms with Crippen LogP contribution < -0.4 is 5.32 Å². The van der Waals surface area contributed by atoms with Crippen molar-refractivity contribution in [2.24, 2.45) is 0 Å². The molecule has 7 heteroatoms. The van der Waals surface area contributed by atoms with E-state index in [-0.39, 0.29) is 0 Å². The van der Waals surface area contributed by atoms with Gasteiger partial charge in [0.15, 0.2) is 0 Å². The second-order valence-electron chi connectivity index (χ2n) is 4.88. The van der Waals surface area contributed by atoms with E-state index in [4.69, 9.17) is 4.74 Å². The van der Waals surface area contributed by atoms with E-state index in [0.717, 1.165) is 4.90 Å². The third kappa shape index (κ3) is 4.93. The van der Waals surface area contributed by atoms with Crippen molar-refractivity contribution in [3.63, 3.8) is 0 Å². The second kappa shape index (κ2) is 6.80. The number of nitrogens with one attached hydrogen (secondary N) is 1. The number of ether oxygens (including phenoxy) is 1. The van der Waals surface area contributed by atoms with E-state index in [1.165, 1.54) is 0 Å². The fraction of sp³-hybridized carbons (Fsp3) is 0.500. The van der Waals surface area contributed by atoms with Crippen LogP contribution in [0.3, 0.4) is 0 Å². The Morgan fingerprint density at radius 3 is 2.43 bits per heavy atom. The van der Waals surface area contributed by atoms with Crippen molar-refractivity contribution in [2.75, 3.05) is 25.1 Å². The first-order chi connectivity index (χ1) is 9.96. The van der Waals surface area contributed by atoms with Gasteiger partial charge in [0.05, 0.1) is 0 Å². The molecule has 0 radical (unpaired) electrons. The molecule has 0 bridgehead atoms. The summed E-state index contributed by atoms with van der Waals surface area (Å²) in [6.45, 7) is -0.508. The van der Waals surface area contributed by atoms with Gasteiger partial charge >= 0.3 is 12.2 Å². The number of urea groups is 1. The highest BCUT2D eigenvalue weighted by Gasteiger charge is 2.37. The number of hydrogen-bond acceptors (Lipinski definition) is 2. The van der Waals surface area contributed by atoms with Gasteiger partial charge in [-0.1, -0.05) is 18.2 Å². The number of hydrogen-bond donors (Lipinski definition) is 1. The monoisotopic (exact) mass is 302 g/mol. The Kier molecular flexibility index (Phi) is 5.06. The summed E-state index contributed by atoms with van der Waals surface area (Å²) in [6, 6.07) is 7.26. The van der Waals surface area contributed by atoms with Gasteiger partial charge < -0.3 is 15.0 Å². The van der Waals surface area contributed by atoms with Crippen LogP contribution in [0, 0.1) is 0 Å². The second-order valence-corrected chi connectivity index (χ2v) is 4.88. The minimum absolute atomic E-state index is 0.373. The van der Waals surface area contributed by atoms with Crippen molar-refractivity contribution in [1.82, 2.24) is 4.90 Å². The van der Waals surface area contributed by atoms with E-state index in [1.54, 1.807) is 30.3 Å². The molecule has 0 aliphatic carbocycles. The zero-order valence-electron chi connectivity index (χ0n) is 11.4. The van der Waals surface area contributed by atoms with Gasteiger partial charge in [-0.15, -0.1) is 0 Å². The van der Waals surface area contributed by atoms with E-state index in [9.17, 15) is 18.0 Å². The Morgan fingerprint density at radius 1 is 1.24 bits per heavy atom. The third-order valence-electron chi connectivity index (χ3n) is 3.27. The van der Waals surface area contributed by atoms with Crippen molar-refractivity contribution >= 4 is 11.7 Å².